The summed E-state index contributed by atoms with van der Waals surface area (Å²) in [6.45, 7) is 4.35. The number of aromatic nitrogens is 2. The fraction of sp³-hybridized carbons (Fsp3) is 0.455. The third kappa shape index (κ3) is 3.28. The molecule has 0 aliphatic heterocycles. The first-order valence-electron chi connectivity index (χ1n) is 5.56. The molecule has 0 aliphatic rings. The molecule has 0 saturated heterocycles. The van der Waals surface area contributed by atoms with Gasteiger partial charge in [-0.05, 0) is 18.0 Å². The molecule has 0 atom stereocenters. The average Bonchev–Trinajstić information content (AvgIpc) is 2.96. The quantitative estimate of drug-likeness (QED) is 0.850. The van der Waals surface area contributed by atoms with E-state index < -0.39 is 0 Å². The zero-order valence-electron chi connectivity index (χ0n) is 10.0. The van der Waals surface area contributed by atoms with E-state index in [1.54, 1.807) is 11.3 Å². The summed E-state index contributed by atoms with van der Waals surface area (Å²) in [7, 11) is 1.95. The van der Waals surface area contributed by atoms with Crippen LogP contribution >= 0.6 is 11.3 Å². The molecule has 1 N–H and O–H groups in total. The number of thiophene rings is 1. The van der Waals surface area contributed by atoms with Gasteiger partial charge >= 0.3 is 6.01 Å². The first-order chi connectivity index (χ1) is 8.29. The monoisotopic (exact) mass is 252 g/mol. The van der Waals surface area contributed by atoms with Crippen LogP contribution in [0, 0.1) is 0 Å². The molecule has 0 bridgehead atoms. The molecule has 0 radical (unpaired) electrons. The van der Waals surface area contributed by atoms with E-state index in [-0.39, 0.29) is 0 Å². The Labute approximate surface area is 104 Å². The number of rotatable bonds is 6. The van der Waals surface area contributed by atoms with Crippen molar-refractivity contribution in [2.45, 2.75) is 20.0 Å². The van der Waals surface area contributed by atoms with Gasteiger partial charge in [0.05, 0.1) is 13.1 Å². The molecule has 6 heteroatoms. The lowest BCUT2D eigenvalue weighted by atomic mass is 10.4. The number of nitrogens with zero attached hydrogens (tertiary/aromatic N) is 3. The second kappa shape index (κ2) is 5.79. The molecule has 0 amide bonds. The fourth-order valence-electron chi connectivity index (χ4n) is 1.41. The van der Waals surface area contributed by atoms with Gasteiger partial charge in [-0.15, -0.1) is 16.4 Å². The number of nitrogens with one attached hydrogen (secondary N) is 1. The molecule has 0 spiro atoms. The van der Waals surface area contributed by atoms with Crippen molar-refractivity contribution in [1.82, 2.24) is 15.5 Å². The molecule has 2 rings (SSSR count). The van der Waals surface area contributed by atoms with Gasteiger partial charge < -0.3 is 14.6 Å². The van der Waals surface area contributed by atoms with E-state index in [2.05, 4.69) is 27.0 Å². The van der Waals surface area contributed by atoms with E-state index in [1.807, 2.05) is 24.9 Å². The lowest BCUT2D eigenvalue weighted by Gasteiger charge is -2.11. The molecular formula is C11H16N4OS. The highest BCUT2D eigenvalue weighted by molar-refractivity contribution is 7.09. The maximum Gasteiger partial charge on any atom is 0.318 e. The molecular weight excluding hydrogens is 236 g/mol. The molecule has 5 nitrogen and oxygen atoms in total. The smallest absolute Gasteiger partial charge is 0.318 e. The van der Waals surface area contributed by atoms with Crippen LogP contribution in [0.4, 0.5) is 6.01 Å². The van der Waals surface area contributed by atoms with Gasteiger partial charge in [-0.3, -0.25) is 0 Å². The van der Waals surface area contributed by atoms with Crippen molar-refractivity contribution in [2.75, 3.05) is 18.5 Å². The van der Waals surface area contributed by atoms with Gasteiger partial charge in [0.2, 0.25) is 5.89 Å². The van der Waals surface area contributed by atoms with E-state index in [4.69, 9.17) is 4.42 Å². The summed E-state index contributed by atoms with van der Waals surface area (Å²) in [4.78, 5) is 3.23. The van der Waals surface area contributed by atoms with E-state index in [0.717, 1.165) is 13.1 Å². The summed E-state index contributed by atoms with van der Waals surface area (Å²) in [6, 6.07) is 4.70. The molecule has 2 aromatic rings. The van der Waals surface area contributed by atoms with Gasteiger partial charge in [0.25, 0.3) is 0 Å². The van der Waals surface area contributed by atoms with Crippen molar-refractivity contribution in [2.24, 2.45) is 0 Å². The van der Waals surface area contributed by atoms with Crippen LogP contribution in [0.3, 0.4) is 0 Å². The van der Waals surface area contributed by atoms with Crippen LogP contribution < -0.4 is 10.2 Å². The SMILES string of the molecule is CCNCc1nnc(N(C)Cc2cccs2)o1. The zero-order valence-corrected chi connectivity index (χ0v) is 10.8. The second-order valence-electron chi connectivity index (χ2n) is 3.69. The van der Waals surface area contributed by atoms with E-state index >= 15 is 0 Å². The normalized spacial score (nSPS) is 10.7. The Morgan fingerprint density at radius 1 is 1.47 bits per heavy atom. The molecule has 2 aromatic heterocycles. The molecule has 0 unspecified atom stereocenters. The topological polar surface area (TPSA) is 54.2 Å². The minimum Gasteiger partial charge on any atom is -0.407 e. The van der Waals surface area contributed by atoms with Gasteiger partial charge in [0.15, 0.2) is 0 Å². The predicted octanol–water partition coefficient (Wildman–Crippen LogP) is 1.88. The summed E-state index contributed by atoms with van der Waals surface area (Å²) in [5, 5.41) is 13.2. The standard InChI is InChI=1S/C11H16N4OS/c1-3-12-7-10-13-14-11(16-10)15(2)8-9-5-4-6-17-9/h4-6,12H,3,7-8H2,1-2H3. The Balaban J connectivity index is 1.94. The Bertz CT molecular complexity index is 440. The van der Waals surface area contributed by atoms with Gasteiger partial charge in [0.1, 0.15) is 0 Å². The Morgan fingerprint density at radius 2 is 2.35 bits per heavy atom. The van der Waals surface area contributed by atoms with Crippen LogP contribution in [0.2, 0.25) is 0 Å². The summed E-state index contributed by atoms with van der Waals surface area (Å²) in [5.41, 5.74) is 0. The van der Waals surface area contributed by atoms with E-state index in [9.17, 15) is 0 Å². The molecule has 0 fully saturated rings. The van der Waals surface area contributed by atoms with Crippen molar-refractivity contribution in [3.8, 4) is 0 Å². The zero-order chi connectivity index (χ0) is 12.1. The van der Waals surface area contributed by atoms with Crippen molar-refractivity contribution in [1.29, 1.82) is 0 Å². The van der Waals surface area contributed by atoms with E-state index in [1.165, 1.54) is 4.88 Å². The maximum absolute atomic E-state index is 5.54. The molecule has 17 heavy (non-hydrogen) atoms. The molecule has 0 aromatic carbocycles. The fourth-order valence-corrected chi connectivity index (χ4v) is 2.16. The summed E-state index contributed by atoms with van der Waals surface area (Å²) < 4.78 is 5.54. The Morgan fingerprint density at radius 3 is 3.06 bits per heavy atom. The van der Waals surface area contributed by atoms with Crippen LogP contribution in [-0.4, -0.2) is 23.8 Å². The Hall–Kier alpha value is -1.40. The van der Waals surface area contributed by atoms with Crippen molar-refractivity contribution < 1.29 is 4.42 Å². The van der Waals surface area contributed by atoms with Gasteiger partial charge in [-0.1, -0.05) is 18.1 Å². The van der Waals surface area contributed by atoms with Crippen molar-refractivity contribution in [3.63, 3.8) is 0 Å². The van der Waals surface area contributed by atoms with Crippen LogP contribution in [0.5, 0.6) is 0 Å². The van der Waals surface area contributed by atoms with Crippen LogP contribution in [0.1, 0.15) is 17.7 Å². The average molecular weight is 252 g/mol. The highest BCUT2D eigenvalue weighted by Gasteiger charge is 2.10. The number of hydrogen-bond acceptors (Lipinski definition) is 6. The van der Waals surface area contributed by atoms with Gasteiger partial charge in [-0.25, -0.2) is 0 Å². The molecule has 2 heterocycles. The highest BCUT2D eigenvalue weighted by Crippen LogP contribution is 2.16. The molecule has 0 aliphatic carbocycles. The summed E-state index contributed by atoms with van der Waals surface area (Å²) in [5.74, 6) is 0.625. The third-order valence-corrected chi connectivity index (χ3v) is 3.14. The molecule has 0 saturated carbocycles. The van der Waals surface area contributed by atoms with Crippen LogP contribution in [-0.2, 0) is 13.1 Å². The molecule has 92 valence electrons. The predicted molar refractivity (Wildman–Crippen MR) is 68.1 cm³/mol. The second-order valence-corrected chi connectivity index (χ2v) is 4.73. The van der Waals surface area contributed by atoms with Crippen molar-refractivity contribution >= 4 is 17.4 Å². The largest absolute Gasteiger partial charge is 0.407 e. The summed E-state index contributed by atoms with van der Waals surface area (Å²) in [6.07, 6.45) is 0. The minimum atomic E-state index is 0.561. The highest BCUT2D eigenvalue weighted by atomic mass is 32.1. The minimum absolute atomic E-state index is 0.561. The maximum atomic E-state index is 5.54. The number of hydrogen-bond donors (Lipinski definition) is 1. The lowest BCUT2D eigenvalue weighted by molar-refractivity contribution is 0.469. The van der Waals surface area contributed by atoms with Crippen LogP contribution in [0.15, 0.2) is 21.9 Å². The van der Waals surface area contributed by atoms with Crippen molar-refractivity contribution in [3.05, 3.63) is 28.3 Å². The first kappa shape index (κ1) is 12.1. The van der Waals surface area contributed by atoms with Crippen LogP contribution in [0.25, 0.3) is 0 Å². The lowest BCUT2D eigenvalue weighted by Crippen LogP contribution is -2.15. The Kier molecular flexibility index (Phi) is 4.11. The van der Waals surface area contributed by atoms with Gasteiger partial charge in [-0.2, -0.15) is 0 Å². The number of anilines is 1. The third-order valence-electron chi connectivity index (χ3n) is 2.28. The van der Waals surface area contributed by atoms with E-state index in [0.29, 0.717) is 18.5 Å². The summed E-state index contributed by atoms with van der Waals surface area (Å²) >= 11 is 1.72. The first-order valence-corrected chi connectivity index (χ1v) is 6.44. The van der Waals surface area contributed by atoms with Gasteiger partial charge in [0, 0.05) is 11.9 Å².